The quantitative estimate of drug-likeness (QED) is 0.865. The summed E-state index contributed by atoms with van der Waals surface area (Å²) in [6.07, 6.45) is 7.34. The van der Waals surface area contributed by atoms with Crippen LogP contribution in [0.5, 0.6) is 0 Å². The fraction of sp³-hybridized carbons (Fsp3) is 0.500. The van der Waals surface area contributed by atoms with Gasteiger partial charge in [-0.25, -0.2) is 4.98 Å². The molecule has 1 amide bonds. The lowest BCUT2D eigenvalue weighted by atomic mass is 10.1. The third kappa shape index (κ3) is 3.27. The Morgan fingerprint density at radius 1 is 1.12 bits per heavy atom. The zero-order valence-corrected chi connectivity index (χ0v) is 14.6. The van der Waals surface area contributed by atoms with Crippen LogP contribution in [0.15, 0.2) is 36.9 Å². The van der Waals surface area contributed by atoms with Gasteiger partial charge < -0.3 is 14.4 Å². The molecule has 0 aromatic carbocycles. The van der Waals surface area contributed by atoms with Crippen LogP contribution in [-0.4, -0.2) is 51.5 Å². The first-order valence-corrected chi connectivity index (χ1v) is 8.54. The number of nitrogens with zero attached hydrogens (tertiary/aromatic N) is 5. The molecule has 0 bridgehead atoms. The highest BCUT2D eigenvalue weighted by Gasteiger charge is 2.27. The highest BCUT2D eigenvalue weighted by Crippen LogP contribution is 2.20. The van der Waals surface area contributed by atoms with Crippen LogP contribution in [0.2, 0.25) is 0 Å². The molecule has 0 saturated carbocycles. The first-order chi connectivity index (χ1) is 11.6. The molecular formula is C18H25N5O. The normalized spacial score (nSPS) is 16.5. The van der Waals surface area contributed by atoms with Gasteiger partial charge in [0.2, 0.25) is 5.91 Å². The number of pyridine rings is 1. The molecule has 2 aromatic rings. The summed E-state index contributed by atoms with van der Waals surface area (Å²) >= 11 is 0. The molecule has 1 aliphatic rings. The minimum atomic E-state index is -0.213. The van der Waals surface area contributed by atoms with E-state index in [1.807, 2.05) is 34.9 Å². The van der Waals surface area contributed by atoms with E-state index in [1.165, 1.54) is 0 Å². The van der Waals surface area contributed by atoms with E-state index >= 15 is 0 Å². The molecule has 6 heteroatoms. The number of carbonyl (C=O) groups is 1. The number of hydrogen-bond donors (Lipinski definition) is 0. The monoisotopic (exact) mass is 327 g/mol. The number of amides is 1. The zero-order chi connectivity index (χ0) is 17.1. The number of carbonyl (C=O) groups excluding carboxylic acids is 1. The van der Waals surface area contributed by atoms with Crippen molar-refractivity contribution in [1.29, 1.82) is 0 Å². The van der Waals surface area contributed by atoms with Gasteiger partial charge in [0.1, 0.15) is 11.9 Å². The standard InChI is InChI=1S/C18H25N5O/c1-14(2)17-20-7-8-23(17)15(3)18(24)22-11-9-21(10-12-22)16-5-4-6-19-13-16/h4-8,13-15H,9-12H2,1-3H3/t15-/m0/s1. The van der Waals surface area contributed by atoms with Gasteiger partial charge in [-0.1, -0.05) is 13.8 Å². The van der Waals surface area contributed by atoms with Crippen LogP contribution < -0.4 is 4.90 Å². The number of imidazole rings is 1. The summed E-state index contributed by atoms with van der Waals surface area (Å²) in [7, 11) is 0. The van der Waals surface area contributed by atoms with Crippen molar-refractivity contribution in [3.63, 3.8) is 0 Å². The van der Waals surface area contributed by atoms with E-state index in [2.05, 4.69) is 34.8 Å². The average Bonchev–Trinajstić information content (AvgIpc) is 3.11. The summed E-state index contributed by atoms with van der Waals surface area (Å²) < 4.78 is 2.00. The van der Waals surface area contributed by atoms with Gasteiger partial charge in [-0.15, -0.1) is 0 Å². The Hall–Kier alpha value is -2.37. The molecule has 0 radical (unpaired) electrons. The largest absolute Gasteiger partial charge is 0.367 e. The van der Waals surface area contributed by atoms with E-state index in [4.69, 9.17) is 0 Å². The highest BCUT2D eigenvalue weighted by atomic mass is 16.2. The van der Waals surface area contributed by atoms with Crippen LogP contribution in [0.3, 0.4) is 0 Å². The van der Waals surface area contributed by atoms with Crippen molar-refractivity contribution < 1.29 is 4.79 Å². The maximum absolute atomic E-state index is 12.9. The van der Waals surface area contributed by atoms with Crippen molar-refractivity contribution in [3.8, 4) is 0 Å². The molecule has 3 heterocycles. The predicted octanol–water partition coefficient (Wildman–Crippen LogP) is 2.31. The molecule has 0 aliphatic carbocycles. The molecule has 0 unspecified atom stereocenters. The van der Waals surface area contributed by atoms with Crippen LogP contribution in [-0.2, 0) is 4.79 Å². The summed E-state index contributed by atoms with van der Waals surface area (Å²) in [5.41, 5.74) is 1.12. The van der Waals surface area contributed by atoms with E-state index in [0.29, 0.717) is 5.92 Å². The molecule has 1 saturated heterocycles. The molecular weight excluding hydrogens is 302 g/mol. The fourth-order valence-corrected chi connectivity index (χ4v) is 3.21. The van der Waals surface area contributed by atoms with E-state index in [0.717, 1.165) is 37.7 Å². The lowest BCUT2D eigenvalue weighted by Gasteiger charge is -2.37. The Balaban J connectivity index is 1.63. The van der Waals surface area contributed by atoms with Crippen molar-refractivity contribution in [2.75, 3.05) is 31.1 Å². The second kappa shape index (κ2) is 7.03. The number of piperazine rings is 1. The average molecular weight is 327 g/mol. The Morgan fingerprint density at radius 2 is 1.88 bits per heavy atom. The Labute approximate surface area is 143 Å². The molecule has 0 N–H and O–H groups in total. The number of rotatable bonds is 4. The second-order valence-corrected chi connectivity index (χ2v) is 6.55. The molecule has 6 nitrogen and oxygen atoms in total. The lowest BCUT2D eigenvalue weighted by Crippen LogP contribution is -2.50. The van der Waals surface area contributed by atoms with E-state index in [1.54, 1.807) is 12.4 Å². The van der Waals surface area contributed by atoms with E-state index in [-0.39, 0.29) is 11.9 Å². The Bertz CT molecular complexity index is 674. The molecule has 0 spiro atoms. The lowest BCUT2D eigenvalue weighted by molar-refractivity contribution is -0.134. The van der Waals surface area contributed by atoms with Crippen molar-refractivity contribution in [2.45, 2.75) is 32.7 Å². The summed E-state index contributed by atoms with van der Waals surface area (Å²) in [4.78, 5) is 25.7. The first-order valence-electron chi connectivity index (χ1n) is 8.54. The van der Waals surface area contributed by atoms with Gasteiger partial charge in [-0.3, -0.25) is 9.78 Å². The summed E-state index contributed by atoms with van der Waals surface area (Å²) in [6.45, 7) is 9.32. The smallest absolute Gasteiger partial charge is 0.245 e. The van der Waals surface area contributed by atoms with Crippen LogP contribution in [0.1, 0.15) is 38.6 Å². The first kappa shape index (κ1) is 16.5. The summed E-state index contributed by atoms with van der Waals surface area (Å²) in [5, 5.41) is 0. The maximum Gasteiger partial charge on any atom is 0.245 e. The molecule has 128 valence electrons. The molecule has 1 fully saturated rings. The minimum Gasteiger partial charge on any atom is -0.367 e. The number of anilines is 1. The predicted molar refractivity (Wildman–Crippen MR) is 94.1 cm³/mol. The molecule has 2 aromatic heterocycles. The van der Waals surface area contributed by atoms with Crippen LogP contribution >= 0.6 is 0 Å². The SMILES string of the molecule is CC(C)c1nccn1[C@@H](C)C(=O)N1CCN(c2cccnc2)CC1. The molecule has 1 atom stereocenters. The van der Waals surface area contributed by atoms with Gasteiger partial charge in [0, 0.05) is 50.7 Å². The summed E-state index contributed by atoms with van der Waals surface area (Å²) in [6, 6.07) is 3.80. The highest BCUT2D eigenvalue weighted by molar-refractivity contribution is 5.80. The summed E-state index contributed by atoms with van der Waals surface area (Å²) in [5.74, 6) is 1.43. The number of hydrogen-bond acceptors (Lipinski definition) is 4. The molecule has 24 heavy (non-hydrogen) atoms. The van der Waals surface area contributed by atoms with Crippen LogP contribution in [0.4, 0.5) is 5.69 Å². The van der Waals surface area contributed by atoms with E-state index < -0.39 is 0 Å². The van der Waals surface area contributed by atoms with Crippen molar-refractivity contribution in [3.05, 3.63) is 42.7 Å². The van der Waals surface area contributed by atoms with Crippen molar-refractivity contribution in [1.82, 2.24) is 19.4 Å². The zero-order valence-electron chi connectivity index (χ0n) is 14.6. The number of aromatic nitrogens is 3. The van der Waals surface area contributed by atoms with Gasteiger partial charge in [-0.2, -0.15) is 0 Å². The third-order valence-corrected chi connectivity index (χ3v) is 4.59. The van der Waals surface area contributed by atoms with Gasteiger partial charge in [0.15, 0.2) is 0 Å². The molecule has 3 rings (SSSR count). The van der Waals surface area contributed by atoms with Gasteiger partial charge in [0.25, 0.3) is 0 Å². The Morgan fingerprint density at radius 3 is 2.50 bits per heavy atom. The Kier molecular flexibility index (Phi) is 4.83. The van der Waals surface area contributed by atoms with Gasteiger partial charge >= 0.3 is 0 Å². The van der Waals surface area contributed by atoms with Crippen molar-refractivity contribution in [2.24, 2.45) is 0 Å². The van der Waals surface area contributed by atoms with Crippen molar-refractivity contribution >= 4 is 11.6 Å². The van der Waals surface area contributed by atoms with Crippen LogP contribution in [0, 0.1) is 0 Å². The van der Waals surface area contributed by atoms with Crippen LogP contribution in [0.25, 0.3) is 0 Å². The minimum absolute atomic E-state index is 0.167. The van der Waals surface area contributed by atoms with Gasteiger partial charge in [-0.05, 0) is 19.1 Å². The topological polar surface area (TPSA) is 54.3 Å². The maximum atomic E-state index is 12.9. The van der Waals surface area contributed by atoms with E-state index in [9.17, 15) is 4.79 Å². The second-order valence-electron chi connectivity index (χ2n) is 6.55. The van der Waals surface area contributed by atoms with Gasteiger partial charge in [0.05, 0.1) is 11.9 Å². The molecule has 1 aliphatic heterocycles. The fourth-order valence-electron chi connectivity index (χ4n) is 3.21. The third-order valence-electron chi connectivity index (χ3n) is 4.59.